The van der Waals surface area contributed by atoms with Crippen molar-refractivity contribution in [3.05, 3.63) is 35.3 Å². The van der Waals surface area contributed by atoms with Crippen LogP contribution in [0.2, 0.25) is 0 Å². The number of nitrogens with zero attached hydrogens (tertiary/aromatic N) is 1. The SMILES string of the molecule is CCCCC(=O)N/N=C1/CCCc2[nH]c3ccc(F)cc3c21. The maximum atomic E-state index is 13.5. The van der Waals surface area contributed by atoms with Gasteiger partial charge in [0.25, 0.3) is 0 Å². The third kappa shape index (κ3) is 2.89. The van der Waals surface area contributed by atoms with Gasteiger partial charge in [0.15, 0.2) is 0 Å². The lowest BCUT2D eigenvalue weighted by atomic mass is 9.93. The van der Waals surface area contributed by atoms with Crippen LogP contribution in [-0.4, -0.2) is 16.6 Å². The first kappa shape index (κ1) is 14.8. The van der Waals surface area contributed by atoms with Gasteiger partial charge in [-0.1, -0.05) is 13.3 Å². The minimum Gasteiger partial charge on any atom is -0.358 e. The molecule has 0 atom stereocenters. The fourth-order valence-electron chi connectivity index (χ4n) is 2.93. The summed E-state index contributed by atoms with van der Waals surface area (Å²) in [5.74, 6) is -0.321. The standard InChI is InChI=1S/C17H20FN3O/c1-2-3-7-16(22)21-20-15-6-4-5-14-17(15)12-10-11(18)8-9-13(12)19-14/h8-10,19H,2-7H2,1H3,(H,21,22)/b20-15-. The van der Waals surface area contributed by atoms with Crippen LogP contribution in [0.3, 0.4) is 0 Å². The predicted molar refractivity (Wildman–Crippen MR) is 85.4 cm³/mol. The van der Waals surface area contributed by atoms with Crippen LogP contribution in [0.5, 0.6) is 0 Å². The van der Waals surface area contributed by atoms with Crippen LogP contribution < -0.4 is 5.43 Å². The van der Waals surface area contributed by atoms with Crippen LogP contribution in [0.4, 0.5) is 4.39 Å². The molecule has 1 aliphatic carbocycles. The van der Waals surface area contributed by atoms with Gasteiger partial charge in [0.2, 0.25) is 5.91 Å². The number of halogens is 1. The van der Waals surface area contributed by atoms with Gasteiger partial charge in [-0.3, -0.25) is 4.79 Å². The minimum absolute atomic E-state index is 0.0625. The molecule has 3 rings (SSSR count). The summed E-state index contributed by atoms with van der Waals surface area (Å²) in [5, 5.41) is 5.15. The number of hydrazone groups is 1. The molecule has 1 aromatic heterocycles. The Morgan fingerprint density at radius 1 is 1.41 bits per heavy atom. The van der Waals surface area contributed by atoms with Gasteiger partial charge in [0, 0.05) is 28.6 Å². The van der Waals surface area contributed by atoms with Gasteiger partial charge in [-0.2, -0.15) is 5.10 Å². The van der Waals surface area contributed by atoms with Crippen molar-refractivity contribution in [2.24, 2.45) is 5.10 Å². The van der Waals surface area contributed by atoms with E-state index in [1.54, 1.807) is 6.07 Å². The normalized spacial score (nSPS) is 16.0. The molecule has 0 radical (unpaired) electrons. The maximum absolute atomic E-state index is 13.5. The lowest BCUT2D eigenvalue weighted by Crippen LogP contribution is -2.21. The Hall–Kier alpha value is -2.17. The van der Waals surface area contributed by atoms with E-state index < -0.39 is 0 Å². The lowest BCUT2D eigenvalue weighted by Gasteiger charge is -2.14. The summed E-state index contributed by atoms with van der Waals surface area (Å²) in [6, 6.07) is 4.73. The Morgan fingerprint density at radius 3 is 3.09 bits per heavy atom. The van der Waals surface area contributed by atoms with E-state index in [0.717, 1.165) is 60.0 Å². The number of carbonyl (C=O) groups is 1. The number of aromatic amines is 1. The van der Waals surface area contributed by atoms with E-state index >= 15 is 0 Å². The number of aromatic nitrogens is 1. The van der Waals surface area contributed by atoms with Crippen LogP contribution in [0.1, 0.15) is 50.3 Å². The van der Waals surface area contributed by atoms with Crippen molar-refractivity contribution in [3.63, 3.8) is 0 Å². The Bertz CT molecular complexity index is 733. The number of H-pyrrole nitrogens is 1. The second-order valence-electron chi connectivity index (χ2n) is 5.72. The van der Waals surface area contributed by atoms with Gasteiger partial charge >= 0.3 is 0 Å². The molecule has 0 fully saturated rings. The number of benzene rings is 1. The van der Waals surface area contributed by atoms with Gasteiger partial charge in [-0.25, -0.2) is 9.82 Å². The summed E-state index contributed by atoms with van der Waals surface area (Å²) < 4.78 is 13.5. The molecule has 1 heterocycles. The van der Waals surface area contributed by atoms with Crippen LogP contribution in [0.25, 0.3) is 10.9 Å². The first-order valence-corrected chi connectivity index (χ1v) is 7.85. The van der Waals surface area contributed by atoms with E-state index in [1.807, 2.05) is 6.92 Å². The summed E-state index contributed by atoms with van der Waals surface area (Å²) >= 11 is 0. The monoisotopic (exact) mass is 301 g/mol. The van der Waals surface area contributed by atoms with Crippen molar-refractivity contribution in [2.45, 2.75) is 45.4 Å². The Labute approximate surface area is 128 Å². The molecule has 0 saturated heterocycles. The zero-order valence-electron chi connectivity index (χ0n) is 12.7. The molecular formula is C17H20FN3O. The summed E-state index contributed by atoms with van der Waals surface area (Å²) in [6.45, 7) is 2.05. The van der Waals surface area contributed by atoms with Crippen molar-refractivity contribution in [3.8, 4) is 0 Å². The molecule has 22 heavy (non-hydrogen) atoms. The van der Waals surface area contributed by atoms with Crippen LogP contribution >= 0.6 is 0 Å². The number of carbonyl (C=O) groups excluding carboxylic acids is 1. The highest BCUT2D eigenvalue weighted by Gasteiger charge is 2.21. The molecule has 0 bridgehead atoms. The van der Waals surface area contributed by atoms with Crippen molar-refractivity contribution in [2.75, 3.05) is 0 Å². The second-order valence-corrected chi connectivity index (χ2v) is 5.72. The molecular weight excluding hydrogens is 281 g/mol. The number of nitrogens with one attached hydrogen (secondary N) is 2. The van der Waals surface area contributed by atoms with E-state index in [2.05, 4.69) is 15.5 Å². The number of unbranched alkanes of at least 4 members (excludes halogenated alkanes) is 1. The number of amides is 1. The van der Waals surface area contributed by atoms with Gasteiger partial charge < -0.3 is 4.98 Å². The first-order chi connectivity index (χ1) is 10.7. The summed E-state index contributed by atoms with van der Waals surface area (Å²) in [6.07, 6.45) is 5.03. The van der Waals surface area contributed by atoms with E-state index in [1.165, 1.54) is 12.1 Å². The molecule has 0 saturated carbocycles. The molecule has 116 valence electrons. The Balaban J connectivity index is 1.91. The van der Waals surface area contributed by atoms with E-state index in [-0.39, 0.29) is 11.7 Å². The van der Waals surface area contributed by atoms with Crippen LogP contribution in [0, 0.1) is 5.82 Å². The largest absolute Gasteiger partial charge is 0.358 e. The molecule has 1 aliphatic rings. The maximum Gasteiger partial charge on any atom is 0.240 e. The summed E-state index contributed by atoms with van der Waals surface area (Å²) in [5.41, 5.74) is 6.42. The van der Waals surface area contributed by atoms with Crippen molar-refractivity contribution >= 4 is 22.5 Å². The first-order valence-electron chi connectivity index (χ1n) is 7.85. The molecule has 2 N–H and O–H groups in total. The molecule has 4 nitrogen and oxygen atoms in total. The molecule has 2 aromatic rings. The van der Waals surface area contributed by atoms with Crippen LogP contribution in [0.15, 0.2) is 23.3 Å². The van der Waals surface area contributed by atoms with Crippen molar-refractivity contribution in [1.82, 2.24) is 10.4 Å². The van der Waals surface area contributed by atoms with E-state index in [0.29, 0.717) is 6.42 Å². The van der Waals surface area contributed by atoms with Gasteiger partial charge in [0.05, 0.1) is 5.71 Å². The number of hydrogen-bond acceptors (Lipinski definition) is 2. The fourth-order valence-corrected chi connectivity index (χ4v) is 2.93. The predicted octanol–water partition coefficient (Wildman–Crippen LogP) is 3.65. The average molecular weight is 301 g/mol. The third-order valence-corrected chi connectivity index (χ3v) is 4.04. The highest BCUT2D eigenvalue weighted by molar-refractivity contribution is 6.12. The zero-order valence-corrected chi connectivity index (χ0v) is 12.7. The zero-order chi connectivity index (χ0) is 15.5. The Morgan fingerprint density at radius 2 is 2.27 bits per heavy atom. The number of fused-ring (bicyclic) bond motifs is 3. The molecule has 5 heteroatoms. The van der Waals surface area contributed by atoms with E-state index in [4.69, 9.17) is 0 Å². The smallest absolute Gasteiger partial charge is 0.240 e. The van der Waals surface area contributed by atoms with Gasteiger partial charge in [0.1, 0.15) is 5.82 Å². The lowest BCUT2D eigenvalue weighted by molar-refractivity contribution is -0.121. The van der Waals surface area contributed by atoms with Gasteiger partial charge in [-0.15, -0.1) is 0 Å². The van der Waals surface area contributed by atoms with Crippen LogP contribution in [-0.2, 0) is 11.2 Å². The van der Waals surface area contributed by atoms with E-state index in [9.17, 15) is 9.18 Å². The topological polar surface area (TPSA) is 57.2 Å². The highest BCUT2D eigenvalue weighted by atomic mass is 19.1. The number of rotatable bonds is 4. The second kappa shape index (κ2) is 6.30. The minimum atomic E-state index is -0.258. The molecule has 1 aromatic carbocycles. The highest BCUT2D eigenvalue weighted by Crippen LogP contribution is 2.29. The average Bonchev–Trinajstić information content (AvgIpc) is 2.89. The number of hydrogen-bond donors (Lipinski definition) is 2. The molecule has 0 unspecified atom stereocenters. The Kier molecular flexibility index (Phi) is 4.22. The van der Waals surface area contributed by atoms with Crippen molar-refractivity contribution in [1.29, 1.82) is 0 Å². The van der Waals surface area contributed by atoms with Gasteiger partial charge in [-0.05, 0) is 43.9 Å². The summed E-state index contributed by atoms with van der Waals surface area (Å²) in [4.78, 5) is 15.1. The molecule has 0 aliphatic heterocycles. The third-order valence-electron chi connectivity index (χ3n) is 4.04. The molecule has 1 amide bonds. The number of aryl methyl sites for hydroxylation is 1. The quantitative estimate of drug-likeness (QED) is 0.832. The molecule has 0 spiro atoms. The van der Waals surface area contributed by atoms with Crippen molar-refractivity contribution < 1.29 is 9.18 Å². The fraction of sp³-hybridized carbons (Fsp3) is 0.412. The summed E-state index contributed by atoms with van der Waals surface area (Å²) in [7, 11) is 0.